The van der Waals surface area contributed by atoms with Crippen LogP contribution in [0.25, 0.3) is 0 Å². The molecule has 15 atom stereocenters. The summed E-state index contributed by atoms with van der Waals surface area (Å²) >= 11 is 0. The summed E-state index contributed by atoms with van der Waals surface area (Å²) in [4.78, 5) is 0. The smallest absolute Gasteiger partial charge is 0.0645 e. The van der Waals surface area contributed by atoms with Crippen LogP contribution in [0.5, 0.6) is 0 Å². The van der Waals surface area contributed by atoms with Crippen molar-refractivity contribution in [2.45, 2.75) is 217 Å². The van der Waals surface area contributed by atoms with Gasteiger partial charge in [-0.3, -0.25) is 16.0 Å². The molecule has 0 radical (unpaired) electrons. The van der Waals surface area contributed by atoms with Gasteiger partial charge in [0.1, 0.15) is 0 Å². The summed E-state index contributed by atoms with van der Waals surface area (Å²) in [6.07, 6.45) is 45.7. The molecule has 2 heterocycles. The molecule has 10 aliphatic rings. The first kappa shape index (κ1) is 35.3. The van der Waals surface area contributed by atoms with Crippen LogP contribution < -0.4 is 16.0 Å². The van der Waals surface area contributed by atoms with Crippen LogP contribution in [0.2, 0.25) is 0 Å². The Morgan fingerprint density at radius 3 is 1.53 bits per heavy atom. The maximum absolute atomic E-state index is 7.54. The maximum Gasteiger partial charge on any atom is 0.0645 e. The van der Waals surface area contributed by atoms with Crippen LogP contribution in [0, 0.1) is 76.9 Å². The third-order valence-corrected chi connectivity index (χ3v) is 19.0. The Kier molecular flexibility index (Phi) is 10.9. The van der Waals surface area contributed by atoms with Crippen molar-refractivity contribution in [2.75, 3.05) is 0 Å². The monoisotopic (exact) mass is 702 g/mol. The Hall–Kier alpha value is -0.160. The highest BCUT2D eigenvalue weighted by Gasteiger charge is 2.59. The van der Waals surface area contributed by atoms with Crippen LogP contribution in [0.1, 0.15) is 186 Å². The fourth-order valence-corrected chi connectivity index (χ4v) is 16.6. The molecule has 0 bridgehead atoms. The molecule has 0 aromatic heterocycles. The van der Waals surface area contributed by atoms with Gasteiger partial charge in [-0.2, -0.15) is 0 Å². The molecule has 3 N–H and O–H groups in total. The highest BCUT2D eigenvalue weighted by Crippen LogP contribution is 2.58. The molecule has 8 saturated carbocycles. The molecule has 10 rings (SSSR count). The SMILES string of the molecule is C1CCC(C2NC(C3CCC4C(CCCC4C4CCCCC4)C3)NC(C3CCC(C4CCCCC4)C4OC5CC6CCCCC6CC5C34)N2)CC1. The minimum atomic E-state index is 0.466. The minimum absolute atomic E-state index is 0.466. The van der Waals surface area contributed by atoms with Crippen molar-refractivity contribution in [1.29, 1.82) is 0 Å². The van der Waals surface area contributed by atoms with E-state index in [0.717, 1.165) is 76.9 Å². The number of ether oxygens (including phenoxy) is 1. The highest BCUT2D eigenvalue weighted by atomic mass is 16.5. The van der Waals surface area contributed by atoms with Crippen molar-refractivity contribution in [3.8, 4) is 0 Å². The Bertz CT molecular complexity index is 1130. The number of hydrogen-bond acceptors (Lipinski definition) is 4. The van der Waals surface area contributed by atoms with E-state index < -0.39 is 0 Å². The largest absolute Gasteiger partial charge is 0.374 e. The lowest BCUT2D eigenvalue weighted by molar-refractivity contribution is -0.0752. The quantitative estimate of drug-likeness (QED) is 0.267. The summed E-state index contributed by atoms with van der Waals surface area (Å²) in [5, 5.41) is 13.4. The van der Waals surface area contributed by atoms with E-state index >= 15 is 0 Å². The van der Waals surface area contributed by atoms with Crippen molar-refractivity contribution in [2.24, 2.45) is 76.9 Å². The molecule has 2 saturated heterocycles. The fraction of sp³-hybridized carbons (Fsp3) is 1.00. The van der Waals surface area contributed by atoms with E-state index in [9.17, 15) is 0 Å². The minimum Gasteiger partial charge on any atom is -0.374 e. The zero-order valence-corrected chi connectivity index (χ0v) is 32.8. The van der Waals surface area contributed by atoms with E-state index in [-0.39, 0.29) is 0 Å². The lowest BCUT2D eigenvalue weighted by atomic mass is 9.57. The van der Waals surface area contributed by atoms with Gasteiger partial charge in [0.05, 0.1) is 30.7 Å². The summed E-state index contributed by atoms with van der Waals surface area (Å²) < 4.78 is 7.54. The maximum atomic E-state index is 7.54. The third kappa shape index (κ3) is 7.09. The normalized spacial score (nSPS) is 50.5. The molecule has 4 heteroatoms. The van der Waals surface area contributed by atoms with Gasteiger partial charge >= 0.3 is 0 Å². The second-order valence-electron chi connectivity index (χ2n) is 21.3. The van der Waals surface area contributed by atoms with Gasteiger partial charge in [-0.1, -0.05) is 122 Å². The summed E-state index contributed by atoms with van der Waals surface area (Å²) in [6.45, 7) is 0. The van der Waals surface area contributed by atoms with E-state index in [1.807, 2.05) is 0 Å². The molecule has 10 fully saturated rings. The molecule has 51 heavy (non-hydrogen) atoms. The van der Waals surface area contributed by atoms with Gasteiger partial charge in [0.15, 0.2) is 0 Å². The molecule has 0 aromatic rings. The first-order chi connectivity index (χ1) is 25.3. The molecule has 4 nitrogen and oxygen atoms in total. The average molecular weight is 702 g/mol. The van der Waals surface area contributed by atoms with Crippen molar-refractivity contribution in [1.82, 2.24) is 16.0 Å². The first-order valence-corrected chi connectivity index (χ1v) is 24.2. The van der Waals surface area contributed by atoms with Gasteiger partial charge in [0.25, 0.3) is 0 Å². The second-order valence-corrected chi connectivity index (χ2v) is 21.3. The Labute approximate surface area is 313 Å². The standard InChI is InChI=1S/C47H79N3O/c1-4-13-30(14-5-1)37-22-12-21-35-27-36(23-24-38(35)37)46-48-45(32-17-8-3-9-18-32)49-47(50-46)40-26-25-39(31-15-6-2-7-16-31)44-43(40)41-28-33-19-10-11-20-34(33)29-42(41)51-44/h30-50H,1-29H2. The second kappa shape index (κ2) is 15.8. The molecule has 15 unspecified atom stereocenters. The van der Waals surface area contributed by atoms with E-state index in [2.05, 4.69) is 16.0 Å². The Morgan fingerprint density at radius 2 is 0.804 bits per heavy atom. The lowest BCUT2D eigenvalue weighted by Gasteiger charge is -2.54. The van der Waals surface area contributed by atoms with Gasteiger partial charge in [0, 0.05) is 0 Å². The number of fused-ring (bicyclic) bond motifs is 5. The molecular formula is C47H79N3O. The van der Waals surface area contributed by atoms with Gasteiger partial charge < -0.3 is 4.74 Å². The van der Waals surface area contributed by atoms with Crippen LogP contribution in [0.3, 0.4) is 0 Å². The van der Waals surface area contributed by atoms with Crippen LogP contribution in [-0.2, 0) is 4.74 Å². The molecule has 8 aliphatic carbocycles. The molecule has 288 valence electrons. The van der Waals surface area contributed by atoms with E-state index in [0.29, 0.717) is 30.7 Å². The molecule has 0 amide bonds. The molecular weight excluding hydrogens is 623 g/mol. The first-order valence-electron chi connectivity index (χ1n) is 24.2. The van der Waals surface area contributed by atoms with Gasteiger partial charge in [0.2, 0.25) is 0 Å². The molecule has 0 spiro atoms. The van der Waals surface area contributed by atoms with Crippen LogP contribution >= 0.6 is 0 Å². The molecule has 2 aliphatic heterocycles. The summed E-state index contributed by atoms with van der Waals surface area (Å²) in [7, 11) is 0. The number of nitrogens with one attached hydrogen (secondary N) is 3. The fourth-order valence-electron chi connectivity index (χ4n) is 16.6. The predicted octanol–water partition coefficient (Wildman–Crippen LogP) is 10.9. The average Bonchev–Trinajstić information content (AvgIpc) is 3.58. The zero-order chi connectivity index (χ0) is 33.7. The van der Waals surface area contributed by atoms with Crippen molar-refractivity contribution in [3.05, 3.63) is 0 Å². The molecule has 0 aromatic carbocycles. The highest BCUT2D eigenvalue weighted by molar-refractivity contribution is 5.08. The van der Waals surface area contributed by atoms with Gasteiger partial charge in [-0.25, -0.2) is 0 Å². The number of hydrogen-bond donors (Lipinski definition) is 3. The van der Waals surface area contributed by atoms with Crippen LogP contribution in [0.4, 0.5) is 0 Å². The topological polar surface area (TPSA) is 45.3 Å². The van der Waals surface area contributed by atoms with Crippen LogP contribution in [-0.4, -0.2) is 30.7 Å². The predicted molar refractivity (Wildman–Crippen MR) is 209 cm³/mol. The van der Waals surface area contributed by atoms with E-state index in [4.69, 9.17) is 4.74 Å². The summed E-state index contributed by atoms with van der Waals surface area (Å²) in [5.41, 5.74) is 0. The van der Waals surface area contributed by atoms with Crippen molar-refractivity contribution >= 4 is 0 Å². The van der Waals surface area contributed by atoms with Crippen molar-refractivity contribution < 1.29 is 4.74 Å². The Morgan fingerprint density at radius 1 is 0.294 bits per heavy atom. The number of rotatable bonds is 5. The van der Waals surface area contributed by atoms with Gasteiger partial charge in [-0.15, -0.1) is 0 Å². The van der Waals surface area contributed by atoms with Gasteiger partial charge in [-0.05, 0) is 141 Å². The van der Waals surface area contributed by atoms with E-state index in [1.54, 1.807) is 19.3 Å². The van der Waals surface area contributed by atoms with Crippen LogP contribution in [0.15, 0.2) is 0 Å². The summed E-state index contributed by atoms with van der Waals surface area (Å²) in [6, 6.07) is 0. The Balaban J connectivity index is 0.902. The van der Waals surface area contributed by atoms with Crippen molar-refractivity contribution in [3.63, 3.8) is 0 Å². The summed E-state index contributed by atoms with van der Waals surface area (Å²) in [5.74, 6) is 11.9. The zero-order valence-electron chi connectivity index (χ0n) is 32.8. The third-order valence-electron chi connectivity index (χ3n) is 19.0. The lowest BCUT2D eigenvalue weighted by Crippen LogP contribution is -2.73. The van der Waals surface area contributed by atoms with E-state index in [1.165, 1.54) is 167 Å².